The van der Waals surface area contributed by atoms with E-state index in [9.17, 15) is 0 Å². The average Bonchev–Trinajstić information content (AvgIpc) is 3.15. The fourth-order valence-electron chi connectivity index (χ4n) is 3.45. The van der Waals surface area contributed by atoms with Crippen LogP contribution in [-0.2, 0) is 0 Å². The highest BCUT2D eigenvalue weighted by Crippen LogP contribution is 2.43. The van der Waals surface area contributed by atoms with Crippen molar-refractivity contribution in [3.8, 4) is 22.5 Å². The van der Waals surface area contributed by atoms with Gasteiger partial charge in [-0.1, -0.05) is 78.9 Å². The van der Waals surface area contributed by atoms with Gasteiger partial charge in [0.2, 0.25) is 10.5 Å². The maximum atomic E-state index is 6.26. The van der Waals surface area contributed by atoms with E-state index in [0.717, 1.165) is 39.3 Å². The summed E-state index contributed by atoms with van der Waals surface area (Å²) in [6, 6.07) is 30.2. The van der Waals surface area contributed by atoms with Crippen molar-refractivity contribution >= 4 is 34.8 Å². The minimum Gasteiger partial charge on any atom is -0.437 e. The summed E-state index contributed by atoms with van der Waals surface area (Å²) < 4.78 is 6.63. The first-order chi connectivity index (χ1) is 14.3. The van der Waals surface area contributed by atoms with Crippen LogP contribution in [-0.4, -0.2) is 9.97 Å². The summed E-state index contributed by atoms with van der Waals surface area (Å²) in [4.78, 5) is 7.67. The van der Waals surface area contributed by atoms with Gasteiger partial charge in [-0.15, -0.1) is 0 Å². The Hall–Kier alpha value is -3.70. The summed E-state index contributed by atoms with van der Waals surface area (Å²) in [6.45, 7) is 0. The normalized spacial score (nSPS) is 10.9. The Bertz CT molecular complexity index is 1330. The van der Waals surface area contributed by atoms with E-state index in [-0.39, 0.29) is 0 Å². The molecule has 0 aliphatic heterocycles. The fourth-order valence-corrected chi connectivity index (χ4v) is 3.64. The third-order valence-corrected chi connectivity index (χ3v) is 4.91. The molecular formula is C24H17N3OS. The average molecular weight is 395 g/mol. The van der Waals surface area contributed by atoms with E-state index in [1.165, 1.54) is 0 Å². The van der Waals surface area contributed by atoms with Crippen molar-refractivity contribution in [1.82, 2.24) is 9.97 Å². The van der Waals surface area contributed by atoms with Crippen molar-refractivity contribution in [2.24, 2.45) is 0 Å². The molecule has 5 aromatic rings. The molecule has 0 amide bonds. The summed E-state index contributed by atoms with van der Waals surface area (Å²) in [5.74, 6) is 1.53. The second-order valence-electron chi connectivity index (χ2n) is 6.63. The van der Waals surface area contributed by atoms with Crippen LogP contribution in [0.3, 0.4) is 0 Å². The molecule has 5 heteroatoms. The third-order valence-electron chi connectivity index (χ3n) is 4.72. The molecule has 0 fully saturated rings. The minimum atomic E-state index is 0.365. The van der Waals surface area contributed by atoms with Crippen LogP contribution in [0, 0.1) is 4.77 Å². The number of benzene rings is 3. The first kappa shape index (κ1) is 17.4. The number of H-pyrrole nitrogens is 1. The number of hydrogen-bond acceptors (Lipinski definition) is 4. The Morgan fingerprint density at radius 2 is 1.34 bits per heavy atom. The second kappa shape index (κ2) is 7.37. The van der Waals surface area contributed by atoms with E-state index >= 15 is 0 Å². The maximum Gasteiger partial charge on any atom is 0.233 e. The van der Waals surface area contributed by atoms with E-state index < -0.39 is 0 Å². The molecule has 2 heterocycles. The molecule has 4 nitrogen and oxygen atoms in total. The Labute approximate surface area is 172 Å². The molecule has 0 aliphatic carbocycles. The van der Waals surface area contributed by atoms with E-state index in [0.29, 0.717) is 10.5 Å². The molecule has 2 aromatic heterocycles. The van der Waals surface area contributed by atoms with Gasteiger partial charge in [0.05, 0.1) is 5.39 Å². The molecule has 2 N–H and O–H groups in total. The van der Waals surface area contributed by atoms with Gasteiger partial charge >= 0.3 is 0 Å². The van der Waals surface area contributed by atoms with Crippen molar-refractivity contribution in [3.05, 3.63) is 95.8 Å². The Balaban J connectivity index is 1.83. The van der Waals surface area contributed by atoms with Gasteiger partial charge in [0.1, 0.15) is 11.6 Å². The molecule has 0 aliphatic rings. The molecule has 0 saturated carbocycles. The zero-order valence-electron chi connectivity index (χ0n) is 15.4. The summed E-state index contributed by atoms with van der Waals surface area (Å²) in [6.07, 6.45) is 0. The first-order valence-electron chi connectivity index (χ1n) is 9.29. The molecule has 0 unspecified atom stereocenters. The smallest absolute Gasteiger partial charge is 0.233 e. The van der Waals surface area contributed by atoms with E-state index in [4.69, 9.17) is 16.6 Å². The largest absolute Gasteiger partial charge is 0.437 e. The van der Waals surface area contributed by atoms with Crippen LogP contribution in [0.2, 0.25) is 0 Å². The van der Waals surface area contributed by atoms with Crippen molar-refractivity contribution in [2.75, 3.05) is 5.32 Å². The standard InChI is InChI=1S/C24H17N3OS/c29-24-26-22(25-18-14-8-3-9-15-18)20-19(16-10-4-1-5-11-16)21(28-23(20)27-24)17-12-6-2-7-13-17/h1-15H,(H2,25,26,27,29). The molecule has 29 heavy (non-hydrogen) atoms. The number of nitrogens with zero attached hydrogens (tertiary/aromatic N) is 1. The topological polar surface area (TPSA) is 53.9 Å². The van der Waals surface area contributed by atoms with Gasteiger partial charge in [0, 0.05) is 16.8 Å². The lowest BCUT2D eigenvalue weighted by atomic mass is 9.99. The third kappa shape index (κ3) is 3.32. The lowest BCUT2D eigenvalue weighted by Gasteiger charge is -2.09. The number of fused-ring (bicyclic) bond motifs is 1. The van der Waals surface area contributed by atoms with E-state index in [1.807, 2.05) is 78.9 Å². The van der Waals surface area contributed by atoms with Gasteiger partial charge in [-0.25, -0.2) is 0 Å². The highest BCUT2D eigenvalue weighted by molar-refractivity contribution is 7.71. The van der Waals surface area contributed by atoms with Crippen molar-refractivity contribution < 1.29 is 4.42 Å². The van der Waals surface area contributed by atoms with Crippen molar-refractivity contribution in [2.45, 2.75) is 0 Å². The van der Waals surface area contributed by atoms with Crippen LogP contribution in [0.25, 0.3) is 33.6 Å². The number of aromatic amines is 1. The zero-order valence-corrected chi connectivity index (χ0v) is 16.2. The van der Waals surface area contributed by atoms with Crippen LogP contribution < -0.4 is 5.32 Å². The lowest BCUT2D eigenvalue weighted by molar-refractivity contribution is 0.618. The Morgan fingerprint density at radius 3 is 2.00 bits per heavy atom. The molecule has 140 valence electrons. The quantitative estimate of drug-likeness (QED) is 0.323. The summed E-state index contributed by atoms with van der Waals surface area (Å²) in [7, 11) is 0. The van der Waals surface area contributed by atoms with Crippen LogP contribution in [0.4, 0.5) is 11.5 Å². The number of hydrogen-bond donors (Lipinski definition) is 2. The zero-order chi connectivity index (χ0) is 19.6. The number of nitrogens with one attached hydrogen (secondary N) is 2. The van der Waals surface area contributed by atoms with Gasteiger partial charge in [-0.05, 0) is 29.9 Å². The predicted octanol–water partition coefficient (Wildman–Crippen LogP) is 6.96. The molecule has 3 aromatic carbocycles. The maximum absolute atomic E-state index is 6.26. The second-order valence-corrected chi connectivity index (χ2v) is 7.01. The molecule has 0 radical (unpaired) electrons. The molecule has 5 rings (SSSR count). The number of furan rings is 1. The number of aromatic nitrogens is 2. The highest BCUT2D eigenvalue weighted by atomic mass is 32.1. The monoisotopic (exact) mass is 395 g/mol. The van der Waals surface area contributed by atoms with Crippen LogP contribution in [0.1, 0.15) is 0 Å². The highest BCUT2D eigenvalue weighted by Gasteiger charge is 2.22. The minimum absolute atomic E-state index is 0.365. The summed E-state index contributed by atoms with van der Waals surface area (Å²) in [5.41, 5.74) is 4.47. The van der Waals surface area contributed by atoms with Gasteiger partial charge in [0.15, 0.2) is 0 Å². The molecule has 0 atom stereocenters. The fraction of sp³-hybridized carbons (Fsp3) is 0. The Morgan fingerprint density at radius 1 is 0.759 bits per heavy atom. The predicted molar refractivity (Wildman–Crippen MR) is 120 cm³/mol. The van der Waals surface area contributed by atoms with E-state index in [2.05, 4.69) is 27.4 Å². The van der Waals surface area contributed by atoms with Gasteiger partial charge in [-0.2, -0.15) is 4.98 Å². The van der Waals surface area contributed by atoms with Crippen molar-refractivity contribution in [1.29, 1.82) is 0 Å². The molecule has 0 saturated heterocycles. The Kier molecular flexibility index (Phi) is 4.42. The summed E-state index contributed by atoms with van der Waals surface area (Å²) in [5, 5.41) is 4.31. The lowest BCUT2D eigenvalue weighted by Crippen LogP contribution is -1.96. The molecule has 0 spiro atoms. The number of para-hydroxylation sites is 1. The van der Waals surface area contributed by atoms with Gasteiger partial charge in [0.25, 0.3) is 0 Å². The van der Waals surface area contributed by atoms with Gasteiger partial charge < -0.3 is 14.7 Å². The van der Waals surface area contributed by atoms with Crippen LogP contribution in [0.5, 0.6) is 0 Å². The van der Waals surface area contributed by atoms with E-state index in [1.54, 1.807) is 0 Å². The number of rotatable bonds is 4. The van der Waals surface area contributed by atoms with Crippen molar-refractivity contribution in [3.63, 3.8) is 0 Å². The first-order valence-corrected chi connectivity index (χ1v) is 9.70. The SMILES string of the molecule is S=c1nc2oc(-c3ccccc3)c(-c3ccccc3)c2c(Nc2ccccc2)[nH]1. The van der Waals surface area contributed by atoms with Crippen LogP contribution >= 0.6 is 12.2 Å². The molecule has 0 bridgehead atoms. The number of anilines is 2. The van der Waals surface area contributed by atoms with Gasteiger partial charge in [-0.3, -0.25) is 0 Å². The summed E-state index contributed by atoms with van der Waals surface area (Å²) >= 11 is 5.36. The molecular weight excluding hydrogens is 378 g/mol. The van der Waals surface area contributed by atoms with Crippen LogP contribution in [0.15, 0.2) is 95.4 Å².